The lowest BCUT2D eigenvalue weighted by atomic mass is 9.82. The molecular formula is C14H16N2O4. The van der Waals surface area contributed by atoms with Crippen molar-refractivity contribution in [3.05, 3.63) is 29.6 Å². The Morgan fingerprint density at radius 3 is 2.45 bits per heavy atom. The van der Waals surface area contributed by atoms with Crippen LogP contribution in [0.5, 0.6) is 0 Å². The number of nitrogens with zero attached hydrogens (tertiary/aromatic N) is 2. The smallest absolute Gasteiger partial charge is 0.354 e. The number of aromatic nitrogens is 1. The van der Waals surface area contributed by atoms with Crippen molar-refractivity contribution in [2.75, 3.05) is 0 Å². The summed E-state index contributed by atoms with van der Waals surface area (Å²) in [5.74, 6) is -1.62. The minimum absolute atomic E-state index is 0.0227. The summed E-state index contributed by atoms with van der Waals surface area (Å²) in [4.78, 5) is 39.9. The summed E-state index contributed by atoms with van der Waals surface area (Å²) >= 11 is 0. The molecule has 0 aliphatic carbocycles. The molecule has 0 bridgehead atoms. The molecule has 0 saturated carbocycles. The van der Waals surface area contributed by atoms with Crippen LogP contribution < -0.4 is 0 Å². The Morgan fingerprint density at radius 2 is 1.90 bits per heavy atom. The second kappa shape index (κ2) is 5.03. The topological polar surface area (TPSA) is 87.6 Å². The van der Waals surface area contributed by atoms with Crippen molar-refractivity contribution in [3.63, 3.8) is 0 Å². The first-order valence-corrected chi connectivity index (χ1v) is 6.31. The first-order chi connectivity index (χ1) is 9.28. The number of carboxylic acids is 1. The van der Waals surface area contributed by atoms with Crippen molar-refractivity contribution in [2.24, 2.45) is 5.41 Å². The van der Waals surface area contributed by atoms with E-state index in [2.05, 4.69) is 4.98 Å². The van der Waals surface area contributed by atoms with E-state index in [0.717, 1.165) is 4.90 Å². The number of carboxylic acid groups (broad SMARTS) is 1. The molecule has 1 aromatic rings. The highest BCUT2D eigenvalue weighted by molar-refractivity contribution is 5.98. The monoisotopic (exact) mass is 276 g/mol. The van der Waals surface area contributed by atoms with Crippen LogP contribution in [0.3, 0.4) is 0 Å². The lowest BCUT2D eigenvalue weighted by molar-refractivity contribution is -0.153. The van der Waals surface area contributed by atoms with Gasteiger partial charge in [-0.05, 0) is 17.5 Å². The van der Waals surface area contributed by atoms with E-state index >= 15 is 0 Å². The van der Waals surface area contributed by atoms with Gasteiger partial charge in [-0.1, -0.05) is 19.9 Å². The lowest BCUT2D eigenvalue weighted by Gasteiger charge is -2.34. The number of carbonyl (C=O) groups excluding carboxylic acids is 2. The first kappa shape index (κ1) is 14.2. The summed E-state index contributed by atoms with van der Waals surface area (Å²) in [6.45, 7) is 3.78. The molecule has 2 heterocycles. The predicted octanol–water partition coefficient (Wildman–Crippen LogP) is 1.45. The summed E-state index contributed by atoms with van der Waals surface area (Å²) < 4.78 is 0. The number of likely N-dealkylation sites (tertiary alicyclic amines) is 1. The van der Waals surface area contributed by atoms with Gasteiger partial charge in [0.1, 0.15) is 5.69 Å². The van der Waals surface area contributed by atoms with Gasteiger partial charge < -0.3 is 5.11 Å². The molecule has 2 rings (SSSR count). The van der Waals surface area contributed by atoms with Crippen LogP contribution in [0.15, 0.2) is 18.2 Å². The molecule has 1 fully saturated rings. The fourth-order valence-electron chi connectivity index (χ4n) is 2.24. The Balaban J connectivity index is 2.18. The molecule has 1 N–H and O–H groups in total. The predicted molar refractivity (Wildman–Crippen MR) is 69.8 cm³/mol. The van der Waals surface area contributed by atoms with Crippen LogP contribution in [-0.4, -0.2) is 32.8 Å². The van der Waals surface area contributed by atoms with E-state index in [1.807, 2.05) is 13.8 Å². The fraction of sp³-hybridized carbons (Fsp3) is 0.429. The maximum atomic E-state index is 12.0. The Morgan fingerprint density at radius 1 is 1.30 bits per heavy atom. The van der Waals surface area contributed by atoms with E-state index < -0.39 is 5.97 Å². The second-order valence-corrected chi connectivity index (χ2v) is 5.71. The highest BCUT2D eigenvalue weighted by Crippen LogP contribution is 2.31. The van der Waals surface area contributed by atoms with E-state index in [1.165, 1.54) is 6.07 Å². The van der Waals surface area contributed by atoms with Crippen LogP contribution in [-0.2, 0) is 16.1 Å². The van der Waals surface area contributed by atoms with Crippen LogP contribution >= 0.6 is 0 Å². The summed E-state index contributed by atoms with van der Waals surface area (Å²) in [5.41, 5.74) is -0.0212. The van der Waals surface area contributed by atoms with Crippen LogP contribution in [0.1, 0.15) is 42.9 Å². The Bertz CT molecular complexity index is 560. The van der Waals surface area contributed by atoms with Gasteiger partial charge >= 0.3 is 5.97 Å². The molecule has 6 heteroatoms. The van der Waals surface area contributed by atoms with E-state index in [-0.39, 0.29) is 29.5 Å². The van der Waals surface area contributed by atoms with Gasteiger partial charge in [-0.3, -0.25) is 14.5 Å². The zero-order valence-corrected chi connectivity index (χ0v) is 11.4. The van der Waals surface area contributed by atoms with Gasteiger partial charge in [0.2, 0.25) is 11.8 Å². The largest absolute Gasteiger partial charge is 0.477 e. The Kier molecular flexibility index (Phi) is 3.57. The molecule has 106 valence electrons. The third kappa shape index (κ3) is 3.01. The molecule has 0 aromatic carbocycles. The number of rotatable bonds is 3. The van der Waals surface area contributed by atoms with Crippen molar-refractivity contribution in [1.82, 2.24) is 9.88 Å². The Labute approximate surface area is 116 Å². The number of carbonyl (C=O) groups is 3. The van der Waals surface area contributed by atoms with Crippen molar-refractivity contribution in [1.29, 1.82) is 0 Å². The number of piperidine rings is 1. The van der Waals surface area contributed by atoms with Crippen molar-refractivity contribution in [3.8, 4) is 0 Å². The molecule has 1 aromatic heterocycles. The third-order valence-electron chi connectivity index (χ3n) is 3.21. The second-order valence-electron chi connectivity index (χ2n) is 5.71. The minimum Gasteiger partial charge on any atom is -0.477 e. The van der Waals surface area contributed by atoms with Gasteiger partial charge in [0, 0.05) is 12.8 Å². The highest BCUT2D eigenvalue weighted by atomic mass is 16.4. The Hall–Kier alpha value is -2.24. The SMILES string of the molecule is CC1(C)CC(=O)N(Cc2cccc(C(=O)O)n2)C(=O)C1. The maximum absolute atomic E-state index is 12.0. The lowest BCUT2D eigenvalue weighted by Crippen LogP contribution is -2.45. The average molecular weight is 276 g/mol. The molecule has 0 spiro atoms. The molecule has 0 radical (unpaired) electrons. The van der Waals surface area contributed by atoms with Crippen LogP contribution in [0.25, 0.3) is 0 Å². The standard InChI is InChI=1S/C14H16N2O4/c1-14(2)6-11(17)16(12(18)7-14)8-9-4-3-5-10(15-9)13(19)20/h3-5H,6-8H2,1-2H3,(H,19,20). The van der Waals surface area contributed by atoms with Gasteiger partial charge in [-0.25, -0.2) is 9.78 Å². The molecule has 0 atom stereocenters. The van der Waals surface area contributed by atoms with E-state index in [1.54, 1.807) is 12.1 Å². The zero-order chi connectivity index (χ0) is 14.9. The van der Waals surface area contributed by atoms with Crippen LogP contribution in [0.2, 0.25) is 0 Å². The van der Waals surface area contributed by atoms with Gasteiger partial charge in [0.05, 0.1) is 12.2 Å². The van der Waals surface area contributed by atoms with Crippen molar-refractivity contribution < 1.29 is 19.5 Å². The van der Waals surface area contributed by atoms with E-state index in [0.29, 0.717) is 18.5 Å². The molecule has 1 aliphatic heterocycles. The van der Waals surface area contributed by atoms with Crippen molar-refractivity contribution in [2.45, 2.75) is 33.2 Å². The number of aromatic carboxylic acids is 1. The van der Waals surface area contributed by atoms with E-state index in [9.17, 15) is 14.4 Å². The normalized spacial score (nSPS) is 18.2. The number of hydrogen-bond acceptors (Lipinski definition) is 4. The number of pyridine rings is 1. The number of amides is 2. The van der Waals surface area contributed by atoms with Crippen LogP contribution in [0.4, 0.5) is 0 Å². The van der Waals surface area contributed by atoms with Gasteiger partial charge in [0.15, 0.2) is 0 Å². The zero-order valence-electron chi connectivity index (χ0n) is 11.4. The number of hydrogen-bond donors (Lipinski definition) is 1. The first-order valence-electron chi connectivity index (χ1n) is 6.31. The van der Waals surface area contributed by atoms with Crippen molar-refractivity contribution >= 4 is 17.8 Å². The molecule has 1 saturated heterocycles. The van der Waals surface area contributed by atoms with Gasteiger partial charge in [-0.15, -0.1) is 0 Å². The average Bonchev–Trinajstić information content (AvgIpc) is 2.33. The molecule has 0 unspecified atom stereocenters. The molecule has 1 aliphatic rings. The summed E-state index contributed by atoms with van der Waals surface area (Å²) in [5, 5.41) is 8.88. The van der Waals surface area contributed by atoms with E-state index in [4.69, 9.17) is 5.11 Å². The molecule has 20 heavy (non-hydrogen) atoms. The quantitative estimate of drug-likeness (QED) is 0.844. The summed E-state index contributed by atoms with van der Waals surface area (Å²) in [6.07, 6.45) is 0.606. The van der Waals surface area contributed by atoms with Crippen LogP contribution in [0, 0.1) is 5.41 Å². The molecule has 2 amide bonds. The third-order valence-corrected chi connectivity index (χ3v) is 3.21. The van der Waals surface area contributed by atoms with Gasteiger partial charge in [-0.2, -0.15) is 0 Å². The summed E-state index contributed by atoms with van der Waals surface area (Å²) in [6, 6.07) is 4.52. The summed E-state index contributed by atoms with van der Waals surface area (Å²) in [7, 11) is 0. The maximum Gasteiger partial charge on any atom is 0.354 e. The fourth-order valence-corrected chi connectivity index (χ4v) is 2.24. The highest BCUT2D eigenvalue weighted by Gasteiger charge is 2.37. The van der Waals surface area contributed by atoms with Gasteiger partial charge in [0.25, 0.3) is 0 Å². The number of imide groups is 1. The molecule has 6 nitrogen and oxygen atoms in total. The molecular weight excluding hydrogens is 260 g/mol. The minimum atomic E-state index is -1.13.